The molecule has 0 saturated heterocycles. The number of thioether (sulfide) groups is 1. The van der Waals surface area contributed by atoms with Crippen LogP contribution in [0.3, 0.4) is 0 Å². The van der Waals surface area contributed by atoms with Crippen LogP contribution in [0.2, 0.25) is 5.02 Å². The Balaban J connectivity index is 1.80. The van der Waals surface area contributed by atoms with E-state index in [2.05, 4.69) is 5.32 Å². The zero-order chi connectivity index (χ0) is 23.5. The molecule has 0 unspecified atom stereocenters. The largest absolute Gasteiger partial charge is 0.355 e. The van der Waals surface area contributed by atoms with Crippen LogP contribution in [0.4, 0.5) is 0 Å². The van der Waals surface area contributed by atoms with E-state index in [-0.39, 0.29) is 17.6 Å². The van der Waals surface area contributed by atoms with Crippen LogP contribution in [-0.4, -0.2) is 35.1 Å². The van der Waals surface area contributed by atoms with Gasteiger partial charge in [-0.3, -0.25) is 9.59 Å². The minimum atomic E-state index is -0.591. The van der Waals surface area contributed by atoms with Crippen LogP contribution >= 0.6 is 23.4 Å². The molecule has 0 aliphatic heterocycles. The summed E-state index contributed by atoms with van der Waals surface area (Å²) >= 11 is 7.61. The first-order chi connectivity index (χ1) is 16.1. The molecule has 0 fully saturated rings. The first kappa shape index (κ1) is 24.9. The van der Waals surface area contributed by atoms with E-state index in [0.29, 0.717) is 30.3 Å². The summed E-state index contributed by atoms with van der Waals surface area (Å²) in [6.07, 6.45) is 0.463. The number of carbonyl (C=O) groups excluding carboxylic acids is 2. The quantitative estimate of drug-likeness (QED) is 0.402. The number of benzene rings is 3. The minimum absolute atomic E-state index is 0.0573. The van der Waals surface area contributed by atoms with E-state index in [1.807, 2.05) is 91.9 Å². The van der Waals surface area contributed by atoms with Gasteiger partial charge in [-0.2, -0.15) is 0 Å². The van der Waals surface area contributed by atoms with E-state index < -0.39 is 6.04 Å². The van der Waals surface area contributed by atoms with Gasteiger partial charge in [0.15, 0.2) is 0 Å². The predicted molar refractivity (Wildman–Crippen MR) is 137 cm³/mol. The molecule has 0 saturated carbocycles. The van der Waals surface area contributed by atoms with E-state index in [0.717, 1.165) is 16.7 Å². The Bertz CT molecular complexity index is 1030. The molecule has 0 radical (unpaired) electrons. The number of likely N-dealkylation sites (N-methyl/N-ethyl adjacent to an activating group) is 1. The second kappa shape index (κ2) is 13.1. The van der Waals surface area contributed by atoms with Crippen LogP contribution < -0.4 is 5.32 Å². The van der Waals surface area contributed by atoms with Crippen molar-refractivity contribution in [2.75, 3.05) is 12.3 Å². The SMILES string of the molecule is CCNC(=O)[C@@H](Cc1ccccc1)N(Cc1ccccc1)C(=O)CSCc1cccc(Cl)c1. The highest BCUT2D eigenvalue weighted by Crippen LogP contribution is 2.20. The maximum atomic E-state index is 13.4. The first-order valence-corrected chi connectivity index (χ1v) is 12.6. The highest BCUT2D eigenvalue weighted by Gasteiger charge is 2.29. The smallest absolute Gasteiger partial charge is 0.243 e. The number of amides is 2. The van der Waals surface area contributed by atoms with E-state index >= 15 is 0 Å². The first-order valence-electron chi connectivity index (χ1n) is 11.0. The third-order valence-electron chi connectivity index (χ3n) is 5.20. The molecule has 3 rings (SSSR count). The molecule has 0 aliphatic rings. The van der Waals surface area contributed by atoms with Gasteiger partial charge in [0.05, 0.1) is 5.75 Å². The van der Waals surface area contributed by atoms with Crippen LogP contribution in [0.25, 0.3) is 0 Å². The summed E-state index contributed by atoms with van der Waals surface area (Å²) in [5, 5.41) is 3.61. The zero-order valence-corrected chi connectivity index (χ0v) is 20.3. The number of hydrogen-bond acceptors (Lipinski definition) is 3. The molecule has 3 aromatic carbocycles. The molecule has 3 aromatic rings. The lowest BCUT2D eigenvalue weighted by molar-refractivity contribution is -0.139. The Morgan fingerprint density at radius 3 is 2.18 bits per heavy atom. The van der Waals surface area contributed by atoms with Crippen molar-refractivity contribution >= 4 is 35.2 Å². The molecule has 6 heteroatoms. The van der Waals surface area contributed by atoms with Gasteiger partial charge in [0.1, 0.15) is 6.04 Å². The van der Waals surface area contributed by atoms with Gasteiger partial charge in [-0.1, -0.05) is 84.4 Å². The fourth-order valence-electron chi connectivity index (χ4n) is 3.59. The number of nitrogens with one attached hydrogen (secondary N) is 1. The molecule has 0 aromatic heterocycles. The fraction of sp³-hybridized carbons (Fsp3) is 0.259. The summed E-state index contributed by atoms with van der Waals surface area (Å²) < 4.78 is 0. The summed E-state index contributed by atoms with van der Waals surface area (Å²) in [5.41, 5.74) is 3.08. The van der Waals surface area contributed by atoms with Crippen molar-refractivity contribution in [1.82, 2.24) is 10.2 Å². The molecule has 0 aliphatic carbocycles. The molecular formula is C27H29ClN2O2S. The zero-order valence-electron chi connectivity index (χ0n) is 18.7. The van der Waals surface area contributed by atoms with Gasteiger partial charge in [0.25, 0.3) is 0 Å². The second-order valence-electron chi connectivity index (χ2n) is 7.73. The lowest BCUT2D eigenvalue weighted by Crippen LogP contribution is -2.51. The summed E-state index contributed by atoms with van der Waals surface area (Å²) in [7, 11) is 0. The average Bonchev–Trinajstić information content (AvgIpc) is 2.83. The number of hydrogen-bond donors (Lipinski definition) is 1. The summed E-state index contributed by atoms with van der Waals surface area (Å²) in [4.78, 5) is 28.3. The van der Waals surface area contributed by atoms with Gasteiger partial charge < -0.3 is 10.2 Å². The van der Waals surface area contributed by atoms with Crippen LogP contribution in [0.1, 0.15) is 23.6 Å². The Hall–Kier alpha value is -2.76. The van der Waals surface area contributed by atoms with Crippen LogP contribution in [0.15, 0.2) is 84.9 Å². The van der Waals surface area contributed by atoms with E-state index in [4.69, 9.17) is 11.6 Å². The lowest BCUT2D eigenvalue weighted by Gasteiger charge is -2.31. The number of halogens is 1. The molecule has 0 spiro atoms. The van der Waals surface area contributed by atoms with E-state index in [1.165, 1.54) is 11.8 Å². The van der Waals surface area contributed by atoms with Gasteiger partial charge in [-0.25, -0.2) is 0 Å². The number of nitrogens with zero attached hydrogens (tertiary/aromatic N) is 1. The highest BCUT2D eigenvalue weighted by atomic mass is 35.5. The van der Waals surface area contributed by atoms with Crippen molar-refractivity contribution < 1.29 is 9.59 Å². The molecule has 0 bridgehead atoms. The van der Waals surface area contributed by atoms with Crippen molar-refractivity contribution in [2.24, 2.45) is 0 Å². The number of rotatable bonds is 11. The molecule has 1 atom stereocenters. The molecule has 1 N–H and O–H groups in total. The highest BCUT2D eigenvalue weighted by molar-refractivity contribution is 7.99. The molecule has 33 heavy (non-hydrogen) atoms. The summed E-state index contributed by atoms with van der Waals surface area (Å²) in [5.74, 6) is 0.767. The standard InChI is InChI=1S/C27H29ClN2O2S/c1-2-29-27(32)25(17-21-10-5-3-6-11-21)30(18-22-12-7-4-8-13-22)26(31)20-33-19-23-14-9-15-24(28)16-23/h3-16,25H,2,17-20H2,1H3,(H,29,32)/t25-/m1/s1. The van der Waals surface area contributed by atoms with Crippen LogP contribution in [0, 0.1) is 0 Å². The molecule has 0 heterocycles. The fourth-order valence-corrected chi connectivity index (χ4v) is 4.66. The van der Waals surface area contributed by atoms with Crippen LogP contribution in [0.5, 0.6) is 0 Å². The van der Waals surface area contributed by atoms with E-state index in [1.54, 1.807) is 4.90 Å². The third-order valence-corrected chi connectivity index (χ3v) is 6.42. The van der Waals surface area contributed by atoms with Gasteiger partial charge in [-0.05, 0) is 35.7 Å². The van der Waals surface area contributed by atoms with Gasteiger partial charge in [-0.15, -0.1) is 11.8 Å². The normalized spacial score (nSPS) is 11.6. The Morgan fingerprint density at radius 1 is 0.909 bits per heavy atom. The third kappa shape index (κ3) is 7.95. The van der Waals surface area contributed by atoms with Crippen molar-refractivity contribution in [3.8, 4) is 0 Å². The van der Waals surface area contributed by atoms with Crippen molar-refractivity contribution in [1.29, 1.82) is 0 Å². The van der Waals surface area contributed by atoms with Gasteiger partial charge >= 0.3 is 0 Å². The van der Waals surface area contributed by atoms with Gasteiger partial charge in [0, 0.05) is 30.3 Å². The monoisotopic (exact) mass is 480 g/mol. The van der Waals surface area contributed by atoms with E-state index in [9.17, 15) is 9.59 Å². The van der Waals surface area contributed by atoms with Crippen LogP contribution in [-0.2, 0) is 28.3 Å². The molecule has 4 nitrogen and oxygen atoms in total. The predicted octanol–water partition coefficient (Wildman–Crippen LogP) is 5.35. The lowest BCUT2D eigenvalue weighted by atomic mass is 10.0. The van der Waals surface area contributed by atoms with Crippen molar-refractivity contribution in [2.45, 2.75) is 31.7 Å². The maximum Gasteiger partial charge on any atom is 0.243 e. The molecule has 172 valence electrons. The Morgan fingerprint density at radius 2 is 1.55 bits per heavy atom. The molecular weight excluding hydrogens is 452 g/mol. The Labute approximate surface area is 205 Å². The second-order valence-corrected chi connectivity index (χ2v) is 9.15. The van der Waals surface area contributed by atoms with Crippen molar-refractivity contribution in [3.63, 3.8) is 0 Å². The van der Waals surface area contributed by atoms with Gasteiger partial charge in [0.2, 0.25) is 11.8 Å². The summed E-state index contributed by atoms with van der Waals surface area (Å²) in [6.45, 7) is 2.79. The molecule has 2 amide bonds. The maximum absolute atomic E-state index is 13.4. The number of carbonyl (C=O) groups is 2. The summed E-state index contributed by atoms with van der Waals surface area (Å²) in [6, 6.07) is 26.7. The average molecular weight is 481 g/mol. The topological polar surface area (TPSA) is 49.4 Å². The van der Waals surface area contributed by atoms with Crippen molar-refractivity contribution in [3.05, 3.63) is 107 Å². The minimum Gasteiger partial charge on any atom is -0.355 e. The Kier molecular flexibility index (Phi) is 9.85.